The van der Waals surface area contributed by atoms with Gasteiger partial charge < -0.3 is 16.2 Å². The van der Waals surface area contributed by atoms with E-state index in [0.29, 0.717) is 6.54 Å². The number of methoxy groups -OCH3 is 1. The smallest absolute Gasteiger partial charge is 0.121 e. The molecule has 3 nitrogen and oxygen atoms in total. The van der Waals surface area contributed by atoms with Crippen LogP contribution < -0.4 is 16.2 Å². The van der Waals surface area contributed by atoms with Crippen molar-refractivity contribution in [2.75, 3.05) is 7.11 Å². The van der Waals surface area contributed by atoms with Crippen molar-refractivity contribution >= 4 is 0 Å². The van der Waals surface area contributed by atoms with Gasteiger partial charge >= 0.3 is 0 Å². The van der Waals surface area contributed by atoms with E-state index >= 15 is 0 Å². The van der Waals surface area contributed by atoms with Crippen LogP contribution in [0.5, 0.6) is 5.75 Å². The van der Waals surface area contributed by atoms with Crippen LogP contribution in [0.4, 0.5) is 0 Å². The summed E-state index contributed by atoms with van der Waals surface area (Å²) in [5.41, 5.74) is 16.3. The molecule has 2 aromatic rings. The van der Waals surface area contributed by atoms with Crippen molar-refractivity contribution in [3.8, 4) is 5.75 Å². The van der Waals surface area contributed by atoms with Gasteiger partial charge in [-0.05, 0) is 35.2 Å². The van der Waals surface area contributed by atoms with E-state index < -0.39 is 0 Å². The maximum Gasteiger partial charge on any atom is 0.121 e. The number of ether oxygens (including phenoxy) is 1. The van der Waals surface area contributed by atoms with E-state index in [2.05, 4.69) is 12.1 Å². The van der Waals surface area contributed by atoms with E-state index in [9.17, 15) is 0 Å². The Balaban J connectivity index is 2.32. The highest BCUT2D eigenvalue weighted by Crippen LogP contribution is 2.25. The molecule has 0 bridgehead atoms. The average Bonchev–Trinajstić information content (AvgIpc) is 2.46. The number of hydrogen-bond acceptors (Lipinski definition) is 3. The van der Waals surface area contributed by atoms with Crippen molar-refractivity contribution in [2.45, 2.75) is 19.5 Å². The third-order valence-corrected chi connectivity index (χ3v) is 3.32. The molecule has 4 N–H and O–H groups in total. The minimum atomic E-state index is -0.142. The fourth-order valence-electron chi connectivity index (χ4n) is 2.20. The van der Waals surface area contributed by atoms with Gasteiger partial charge in [-0.25, -0.2) is 0 Å². The zero-order valence-electron chi connectivity index (χ0n) is 11.4. The minimum Gasteiger partial charge on any atom is -0.496 e. The minimum absolute atomic E-state index is 0.142. The first-order chi connectivity index (χ1) is 9.15. The quantitative estimate of drug-likeness (QED) is 0.883. The molecule has 2 rings (SSSR count). The standard InChI is InChI=1S/C16H20N2O/c1-11-8-14(6-7-15(11)19-2)16(18)13-5-3-4-12(9-13)10-17/h3-9,16H,10,17-18H2,1-2H3. The molecule has 19 heavy (non-hydrogen) atoms. The number of rotatable bonds is 4. The van der Waals surface area contributed by atoms with E-state index in [0.717, 1.165) is 28.0 Å². The van der Waals surface area contributed by atoms with Gasteiger partial charge in [-0.1, -0.05) is 36.4 Å². The second kappa shape index (κ2) is 5.87. The van der Waals surface area contributed by atoms with Gasteiger partial charge in [-0.2, -0.15) is 0 Å². The van der Waals surface area contributed by atoms with Gasteiger partial charge in [0.25, 0.3) is 0 Å². The van der Waals surface area contributed by atoms with Crippen LogP contribution >= 0.6 is 0 Å². The highest BCUT2D eigenvalue weighted by atomic mass is 16.5. The van der Waals surface area contributed by atoms with Gasteiger partial charge in [0, 0.05) is 6.54 Å². The van der Waals surface area contributed by atoms with Gasteiger partial charge in [0.1, 0.15) is 5.75 Å². The van der Waals surface area contributed by atoms with Gasteiger partial charge in [0.2, 0.25) is 0 Å². The molecule has 100 valence electrons. The third kappa shape index (κ3) is 2.95. The summed E-state index contributed by atoms with van der Waals surface area (Å²) in [5, 5.41) is 0. The van der Waals surface area contributed by atoms with Gasteiger partial charge in [0.05, 0.1) is 13.2 Å². The van der Waals surface area contributed by atoms with E-state index in [1.807, 2.05) is 37.3 Å². The normalized spacial score (nSPS) is 12.2. The summed E-state index contributed by atoms with van der Waals surface area (Å²) in [7, 11) is 1.67. The summed E-state index contributed by atoms with van der Waals surface area (Å²) in [6, 6.07) is 14.0. The van der Waals surface area contributed by atoms with Crippen molar-refractivity contribution in [1.29, 1.82) is 0 Å². The summed E-state index contributed by atoms with van der Waals surface area (Å²) in [6.45, 7) is 2.55. The molecule has 0 saturated heterocycles. The zero-order chi connectivity index (χ0) is 13.8. The SMILES string of the molecule is COc1ccc(C(N)c2cccc(CN)c2)cc1C. The Bertz CT molecular complexity index is 566. The van der Waals surface area contributed by atoms with E-state index in [4.69, 9.17) is 16.2 Å². The van der Waals surface area contributed by atoms with Crippen LogP contribution in [0.3, 0.4) is 0 Å². The molecular formula is C16H20N2O. The van der Waals surface area contributed by atoms with Crippen LogP contribution in [0.25, 0.3) is 0 Å². The number of aryl methyl sites for hydroxylation is 1. The van der Waals surface area contributed by atoms with Crippen molar-refractivity contribution in [3.63, 3.8) is 0 Å². The second-order valence-electron chi connectivity index (χ2n) is 4.66. The number of hydrogen-bond donors (Lipinski definition) is 2. The van der Waals surface area contributed by atoms with Crippen LogP contribution in [0.2, 0.25) is 0 Å². The van der Waals surface area contributed by atoms with Crippen molar-refractivity contribution in [2.24, 2.45) is 11.5 Å². The Morgan fingerprint density at radius 2 is 1.84 bits per heavy atom. The molecule has 0 fully saturated rings. The largest absolute Gasteiger partial charge is 0.496 e. The fraction of sp³-hybridized carbons (Fsp3) is 0.250. The summed E-state index contributed by atoms with van der Waals surface area (Å²) < 4.78 is 5.26. The molecule has 0 spiro atoms. The molecule has 0 aliphatic heterocycles. The predicted octanol–water partition coefficient (Wildman–Crippen LogP) is 2.51. The lowest BCUT2D eigenvalue weighted by atomic mass is 9.96. The van der Waals surface area contributed by atoms with Gasteiger partial charge in [-0.15, -0.1) is 0 Å². The predicted molar refractivity (Wildman–Crippen MR) is 78.1 cm³/mol. The molecule has 1 unspecified atom stereocenters. The molecule has 0 saturated carbocycles. The van der Waals surface area contributed by atoms with Crippen molar-refractivity contribution in [3.05, 3.63) is 64.7 Å². The summed E-state index contributed by atoms with van der Waals surface area (Å²) in [6.07, 6.45) is 0. The van der Waals surface area contributed by atoms with E-state index in [1.165, 1.54) is 0 Å². The Labute approximate surface area is 114 Å². The Hall–Kier alpha value is -1.84. The summed E-state index contributed by atoms with van der Waals surface area (Å²) >= 11 is 0. The summed E-state index contributed by atoms with van der Waals surface area (Å²) in [4.78, 5) is 0. The lowest BCUT2D eigenvalue weighted by Crippen LogP contribution is -2.12. The van der Waals surface area contributed by atoms with Gasteiger partial charge in [-0.3, -0.25) is 0 Å². The fourth-order valence-corrected chi connectivity index (χ4v) is 2.20. The molecule has 0 heterocycles. The molecule has 2 aromatic carbocycles. The molecule has 0 aliphatic carbocycles. The van der Waals surface area contributed by atoms with Crippen molar-refractivity contribution in [1.82, 2.24) is 0 Å². The molecule has 0 aliphatic rings. The molecule has 0 aromatic heterocycles. The molecule has 0 amide bonds. The lowest BCUT2D eigenvalue weighted by molar-refractivity contribution is 0.411. The monoisotopic (exact) mass is 256 g/mol. The molecular weight excluding hydrogens is 236 g/mol. The number of nitrogens with two attached hydrogens (primary N) is 2. The highest BCUT2D eigenvalue weighted by Gasteiger charge is 2.10. The maximum absolute atomic E-state index is 6.32. The topological polar surface area (TPSA) is 61.3 Å². The van der Waals surface area contributed by atoms with Crippen LogP contribution in [-0.4, -0.2) is 7.11 Å². The average molecular weight is 256 g/mol. The first kappa shape index (κ1) is 13.6. The second-order valence-corrected chi connectivity index (χ2v) is 4.66. The van der Waals surface area contributed by atoms with Gasteiger partial charge in [0.15, 0.2) is 0 Å². The van der Waals surface area contributed by atoms with E-state index in [-0.39, 0.29) is 6.04 Å². The molecule has 1 atom stereocenters. The van der Waals surface area contributed by atoms with Crippen LogP contribution in [0, 0.1) is 6.92 Å². The number of benzene rings is 2. The molecule has 0 radical (unpaired) electrons. The highest BCUT2D eigenvalue weighted by molar-refractivity contribution is 5.41. The molecule has 3 heteroatoms. The van der Waals surface area contributed by atoms with Crippen LogP contribution in [0.15, 0.2) is 42.5 Å². The van der Waals surface area contributed by atoms with Crippen LogP contribution in [0.1, 0.15) is 28.3 Å². The first-order valence-corrected chi connectivity index (χ1v) is 6.34. The van der Waals surface area contributed by atoms with E-state index in [1.54, 1.807) is 7.11 Å². The lowest BCUT2D eigenvalue weighted by Gasteiger charge is -2.15. The first-order valence-electron chi connectivity index (χ1n) is 6.34. The summed E-state index contributed by atoms with van der Waals surface area (Å²) in [5.74, 6) is 0.881. The van der Waals surface area contributed by atoms with Crippen LogP contribution in [-0.2, 0) is 6.54 Å². The van der Waals surface area contributed by atoms with Crippen molar-refractivity contribution < 1.29 is 4.74 Å². The maximum atomic E-state index is 6.32. The Kier molecular flexibility index (Phi) is 4.20. The zero-order valence-corrected chi connectivity index (χ0v) is 11.4. The third-order valence-electron chi connectivity index (χ3n) is 3.32. The Morgan fingerprint density at radius 1 is 1.11 bits per heavy atom. The Morgan fingerprint density at radius 3 is 2.47 bits per heavy atom.